The first-order chi connectivity index (χ1) is 12.6. The average molecular weight is 354 g/mol. The number of carbonyl (C=O) groups excluding carboxylic acids is 2. The molecule has 2 aromatic rings. The highest BCUT2D eigenvalue weighted by Gasteiger charge is 2.31. The van der Waals surface area contributed by atoms with Gasteiger partial charge in [-0.05, 0) is 37.1 Å². The molecule has 1 saturated carbocycles. The zero-order chi connectivity index (χ0) is 18.5. The summed E-state index contributed by atoms with van der Waals surface area (Å²) < 4.78 is 14.7. The van der Waals surface area contributed by atoms with Crippen LogP contribution in [-0.4, -0.2) is 27.5 Å². The molecule has 0 bridgehead atoms. The van der Waals surface area contributed by atoms with E-state index in [-0.39, 0.29) is 11.7 Å². The van der Waals surface area contributed by atoms with Crippen molar-refractivity contribution < 1.29 is 14.0 Å². The first kappa shape index (κ1) is 17.8. The van der Waals surface area contributed by atoms with E-state index in [0.29, 0.717) is 5.69 Å². The lowest BCUT2D eigenvalue weighted by atomic mass is 9.94. The van der Waals surface area contributed by atoms with Crippen LogP contribution in [0.15, 0.2) is 36.5 Å². The molecule has 3 rings (SSSR count). The Morgan fingerprint density at radius 2 is 2.04 bits per heavy atom. The molecular formula is C19H19FN4O2. The third kappa shape index (κ3) is 3.97. The summed E-state index contributed by atoms with van der Waals surface area (Å²) in [6.07, 6.45) is 6.45. The van der Waals surface area contributed by atoms with Crippen molar-refractivity contribution in [3.05, 3.63) is 48.0 Å². The van der Waals surface area contributed by atoms with E-state index >= 15 is 0 Å². The lowest BCUT2D eigenvalue weighted by molar-refractivity contribution is -0.123. The lowest BCUT2D eigenvalue weighted by Crippen LogP contribution is -2.42. The SMILES string of the molecule is N#CC(C(=O)NC1CCCCC1)C(=O)c1ccn(-c2cccc(F)c2)n1. The minimum atomic E-state index is -1.44. The van der Waals surface area contributed by atoms with Crippen molar-refractivity contribution in [1.29, 1.82) is 5.26 Å². The largest absolute Gasteiger partial charge is 0.352 e. The first-order valence-electron chi connectivity index (χ1n) is 8.64. The van der Waals surface area contributed by atoms with Gasteiger partial charge in [-0.1, -0.05) is 25.3 Å². The van der Waals surface area contributed by atoms with Crippen molar-refractivity contribution >= 4 is 11.7 Å². The second kappa shape index (κ2) is 7.91. The van der Waals surface area contributed by atoms with Crippen molar-refractivity contribution in [2.24, 2.45) is 5.92 Å². The Balaban J connectivity index is 1.72. The summed E-state index contributed by atoms with van der Waals surface area (Å²) in [5.41, 5.74) is 0.448. The van der Waals surface area contributed by atoms with Crippen molar-refractivity contribution in [3.63, 3.8) is 0 Å². The molecule has 1 aliphatic rings. The Labute approximate surface area is 150 Å². The van der Waals surface area contributed by atoms with Gasteiger partial charge < -0.3 is 5.32 Å². The standard InChI is InChI=1S/C19H19FN4O2/c20-13-5-4-8-15(11-13)24-10-9-17(23-24)18(25)16(12-21)19(26)22-14-6-2-1-3-7-14/h4-5,8-11,14,16H,1-3,6-7H2,(H,22,26). The number of hydrogen-bond donors (Lipinski definition) is 1. The van der Waals surface area contributed by atoms with E-state index in [1.54, 1.807) is 12.1 Å². The molecule has 1 fully saturated rings. The molecule has 0 spiro atoms. The number of rotatable bonds is 5. The van der Waals surface area contributed by atoms with Crippen molar-refractivity contribution in [3.8, 4) is 11.8 Å². The fourth-order valence-electron chi connectivity index (χ4n) is 3.13. The molecule has 1 aromatic heterocycles. The first-order valence-corrected chi connectivity index (χ1v) is 8.64. The molecular weight excluding hydrogens is 335 g/mol. The highest BCUT2D eigenvalue weighted by Crippen LogP contribution is 2.18. The van der Waals surface area contributed by atoms with E-state index in [9.17, 15) is 19.2 Å². The highest BCUT2D eigenvalue weighted by atomic mass is 19.1. The zero-order valence-corrected chi connectivity index (χ0v) is 14.2. The molecule has 1 aromatic carbocycles. The Kier molecular flexibility index (Phi) is 5.42. The summed E-state index contributed by atoms with van der Waals surface area (Å²) in [6.45, 7) is 0. The average Bonchev–Trinajstić information content (AvgIpc) is 3.13. The number of aromatic nitrogens is 2. The summed E-state index contributed by atoms with van der Waals surface area (Å²) in [6, 6.07) is 8.97. The summed E-state index contributed by atoms with van der Waals surface area (Å²) in [5.74, 6) is -3.10. The van der Waals surface area contributed by atoms with Gasteiger partial charge in [-0.2, -0.15) is 10.4 Å². The number of halogens is 1. The van der Waals surface area contributed by atoms with Crippen LogP contribution in [0.3, 0.4) is 0 Å². The number of ketones is 1. The van der Waals surface area contributed by atoms with Crippen LogP contribution in [0.5, 0.6) is 0 Å². The van der Waals surface area contributed by atoms with Gasteiger partial charge in [0.2, 0.25) is 11.7 Å². The van der Waals surface area contributed by atoms with Gasteiger partial charge in [0.05, 0.1) is 11.8 Å². The summed E-state index contributed by atoms with van der Waals surface area (Å²) in [7, 11) is 0. The van der Waals surface area contributed by atoms with Crippen molar-refractivity contribution in [2.45, 2.75) is 38.1 Å². The maximum atomic E-state index is 13.3. The molecule has 1 amide bonds. The van der Waals surface area contributed by atoms with Gasteiger partial charge in [-0.25, -0.2) is 9.07 Å². The van der Waals surface area contributed by atoms with Gasteiger partial charge in [0.25, 0.3) is 0 Å². The summed E-state index contributed by atoms with van der Waals surface area (Å²) in [4.78, 5) is 24.9. The molecule has 7 heteroatoms. The highest BCUT2D eigenvalue weighted by molar-refractivity contribution is 6.11. The normalized spacial score (nSPS) is 15.8. The zero-order valence-electron chi connectivity index (χ0n) is 14.2. The molecule has 1 N–H and O–H groups in total. The van der Waals surface area contributed by atoms with Crippen LogP contribution in [0.2, 0.25) is 0 Å². The Morgan fingerprint density at radius 1 is 1.27 bits per heavy atom. The fraction of sp³-hybridized carbons (Fsp3) is 0.368. The molecule has 0 aliphatic heterocycles. The second-order valence-electron chi connectivity index (χ2n) is 6.40. The van der Waals surface area contributed by atoms with Gasteiger partial charge in [-0.3, -0.25) is 9.59 Å². The monoisotopic (exact) mass is 354 g/mol. The molecule has 1 heterocycles. The van der Waals surface area contributed by atoms with E-state index in [2.05, 4.69) is 10.4 Å². The van der Waals surface area contributed by atoms with Crippen LogP contribution in [0.25, 0.3) is 5.69 Å². The molecule has 1 unspecified atom stereocenters. The Hall–Kier alpha value is -3.01. The number of hydrogen-bond acceptors (Lipinski definition) is 4. The predicted molar refractivity (Wildman–Crippen MR) is 92.0 cm³/mol. The molecule has 0 saturated heterocycles. The van der Waals surface area contributed by atoms with Crippen LogP contribution in [0, 0.1) is 23.1 Å². The molecule has 1 aliphatic carbocycles. The number of amides is 1. The minimum absolute atomic E-state index is 0.000365. The number of carbonyl (C=O) groups is 2. The van der Waals surface area contributed by atoms with Crippen LogP contribution in [0.1, 0.15) is 42.6 Å². The lowest BCUT2D eigenvalue weighted by Gasteiger charge is -2.23. The van der Waals surface area contributed by atoms with E-state index in [1.165, 1.54) is 35.1 Å². The van der Waals surface area contributed by atoms with E-state index in [4.69, 9.17) is 0 Å². The molecule has 1 atom stereocenters. The number of nitriles is 1. The van der Waals surface area contributed by atoms with Gasteiger partial charge in [-0.15, -0.1) is 0 Å². The van der Waals surface area contributed by atoms with Crippen molar-refractivity contribution in [1.82, 2.24) is 15.1 Å². The number of benzene rings is 1. The van der Waals surface area contributed by atoms with Gasteiger partial charge in [0.1, 0.15) is 11.5 Å². The predicted octanol–water partition coefficient (Wildman–Crippen LogP) is 2.78. The van der Waals surface area contributed by atoms with Crippen molar-refractivity contribution in [2.75, 3.05) is 0 Å². The van der Waals surface area contributed by atoms with Crippen LogP contribution in [-0.2, 0) is 4.79 Å². The molecule has 134 valence electrons. The Morgan fingerprint density at radius 3 is 2.73 bits per heavy atom. The number of Topliss-reactive ketones (excluding diaryl/α,β-unsaturated/α-hetero) is 1. The van der Waals surface area contributed by atoms with Crippen LogP contribution in [0.4, 0.5) is 4.39 Å². The molecule has 6 nitrogen and oxygen atoms in total. The molecule has 0 radical (unpaired) electrons. The molecule has 26 heavy (non-hydrogen) atoms. The van der Waals surface area contributed by atoms with E-state index < -0.39 is 23.4 Å². The van der Waals surface area contributed by atoms with E-state index in [1.807, 2.05) is 0 Å². The quantitative estimate of drug-likeness (QED) is 0.661. The Bertz CT molecular complexity index is 849. The minimum Gasteiger partial charge on any atom is -0.352 e. The summed E-state index contributed by atoms with van der Waals surface area (Å²) in [5, 5.41) is 16.2. The topological polar surface area (TPSA) is 87.8 Å². The van der Waals surface area contributed by atoms with Gasteiger partial charge >= 0.3 is 0 Å². The van der Waals surface area contributed by atoms with Crippen LogP contribution >= 0.6 is 0 Å². The third-order valence-corrected chi connectivity index (χ3v) is 4.52. The fourth-order valence-corrected chi connectivity index (χ4v) is 3.13. The third-order valence-electron chi connectivity index (χ3n) is 4.52. The number of nitrogens with zero attached hydrogens (tertiary/aromatic N) is 3. The maximum Gasteiger partial charge on any atom is 0.245 e. The smallest absolute Gasteiger partial charge is 0.245 e. The van der Waals surface area contributed by atoms with E-state index in [0.717, 1.165) is 32.1 Å². The number of nitrogens with one attached hydrogen (secondary N) is 1. The van der Waals surface area contributed by atoms with Crippen LogP contribution < -0.4 is 5.32 Å². The summed E-state index contributed by atoms with van der Waals surface area (Å²) >= 11 is 0. The van der Waals surface area contributed by atoms with Gasteiger partial charge in [0.15, 0.2) is 5.92 Å². The van der Waals surface area contributed by atoms with Gasteiger partial charge in [0, 0.05) is 12.2 Å². The second-order valence-corrected chi connectivity index (χ2v) is 6.40. The maximum absolute atomic E-state index is 13.3.